The Bertz CT molecular complexity index is 512. The molecule has 0 aliphatic heterocycles. The molecule has 0 amide bonds. The van der Waals surface area contributed by atoms with Crippen LogP contribution in [0.2, 0.25) is 0 Å². The molecule has 4 heteroatoms. The molecule has 0 aromatic heterocycles. The van der Waals surface area contributed by atoms with Gasteiger partial charge in [0.15, 0.2) is 0 Å². The number of carboxylic acid groups (broad SMARTS) is 2. The van der Waals surface area contributed by atoms with Gasteiger partial charge in [0.2, 0.25) is 0 Å². The number of unbranched alkanes of at least 4 members (excludes halogenated alkanes) is 3. The highest BCUT2D eigenvalue weighted by atomic mass is 16.4. The monoisotopic (exact) mass is 482 g/mol. The first-order chi connectivity index (χ1) is 16.2. The lowest BCUT2D eigenvalue weighted by atomic mass is 9.60. The molecule has 34 heavy (non-hydrogen) atoms. The maximum absolute atomic E-state index is 13.3. The van der Waals surface area contributed by atoms with Crippen LogP contribution < -0.4 is 0 Å². The van der Waals surface area contributed by atoms with Crippen molar-refractivity contribution in [2.45, 2.75) is 151 Å². The van der Waals surface area contributed by atoms with Crippen LogP contribution in [0.3, 0.4) is 0 Å². The predicted octanol–water partition coefficient (Wildman–Crippen LogP) is 9.36. The number of aliphatic carboxylic acids is 2. The molecule has 0 aliphatic rings. The van der Waals surface area contributed by atoms with E-state index in [1.165, 1.54) is 0 Å². The summed E-state index contributed by atoms with van der Waals surface area (Å²) in [5.41, 5.74) is -0.822. The van der Waals surface area contributed by atoms with Gasteiger partial charge >= 0.3 is 11.9 Å². The second-order valence-electron chi connectivity index (χ2n) is 11.0. The fourth-order valence-corrected chi connectivity index (χ4v) is 5.98. The van der Waals surface area contributed by atoms with Gasteiger partial charge in [-0.05, 0) is 49.4 Å². The molecule has 0 aliphatic carbocycles. The van der Waals surface area contributed by atoms with Gasteiger partial charge < -0.3 is 10.2 Å². The molecule has 0 rings (SSSR count). The fraction of sp³-hybridized carbons (Fsp3) is 0.933. The Balaban J connectivity index is 6.36. The number of hydrogen-bond acceptors (Lipinski definition) is 2. The molecule has 0 spiro atoms. The summed E-state index contributed by atoms with van der Waals surface area (Å²) in [6.07, 6.45) is 15.9. The normalized spacial score (nSPS) is 17.0. The zero-order valence-corrected chi connectivity index (χ0v) is 23.5. The van der Waals surface area contributed by atoms with Crippen molar-refractivity contribution < 1.29 is 19.8 Å². The number of carbonyl (C=O) groups is 2. The summed E-state index contributed by atoms with van der Waals surface area (Å²) in [5, 5.41) is 20.5. The molecule has 4 nitrogen and oxygen atoms in total. The molecule has 0 fully saturated rings. The Hall–Kier alpha value is -1.06. The van der Waals surface area contributed by atoms with Gasteiger partial charge in [0.25, 0.3) is 0 Å². The average Bonchev–Trinajstić information content (AvgIpc) is 2.82. The van der Waals surface area contributed by atoms with Crippen molar-refractivity contribution in [1.29, 1.82) is 0 Å². The number of hydrogen-bond donors (Lipinski definition) is 2. The van der Waals surface area contributed by atoms with E-state index < -0.39 is 17.4 Å². The van der Waals surface area contributed by atoms with Crippen molar-refractivity contribution in [3.8, 4) is 0 Å². The van der Waals surface area contributed by atoms with Crippen molar-refractivity contribution in [2.75, 3.05) is 0 Å². The Labute approximate surface area is 211 Å². The summed E-state index contributed by atoms with van der Waals surface area (Å²) in [7, 11) is 0. The Morgan fingerprint density at radius 2 is 1.06 bits per heavy atom. The second kappa shape index (κ2) is 19.2. The number of carboxylic acids is 2. The molecule has 0 aromatic rings. The molecule has 0 saturated heterocycles. The van der Waals surface area contributed by atoms with E-state index in [1.54, 1.807) is 0 Å². The molecule has 4 atom stereocenters. The van der Waals surface area contributed by atoms with Crippen LogP contribution in [0.15, 0.2) is 0 Å². The van der Waals surface area contributed by atoms with Crippen LogP contribution in [0.25, 0.3) is 0 Å². The minimum absolute atomic E-state index is 0.0708. The first kappa shape index (κ1) is 32.9. The Morgan fingerprint density at radius 3 is 1.38 bits per heavy atom. The molecule has 202 valence electrons. The minimum Gasteiger partial charge on any atom is -0.481 e. The van der Waals surface area contributed by atoms with Gasteiger partial charge in [-0.2, -0.15) is 0 Å². The molecule has 0 radical (unpaired) electrons. The largest absolute Gasteiger partial charge is 0.481 e. The number of rotatable bonds is 23. The minimum atomic E-state index is -0.822. The Morgan fingerprint density at radius 1 is 0.647 bits per heavy atom. The third kappa shape index (κ3) is 12.1. The van der Waals surface area contributed by atoms with Crippen LogP contribution in [0.5, 0.6) is 0 Å². The summed E-state index contributed by atoms with van der Waals surface area (Å²) in [5.74, 6) is -0.288. The van der Waals surface area contributed by atoms with Crippen LogP contribution in [0.1, 0.15) is 151 Å². The molecule has 2 N–H and O–H groups in total. The maximum atomic E-state index is 13.3. The maximum Gasteiger partial charge on any atom is 0.309 e. The third-order valence-corrected chi connectivity index (χ3v) is 8.47. The molecule has 0 bridgehead atoms. The highest BCUT2D eigenvalue weighted by Gasteiger charge is 2.48. The van der Waals surface area contributed by atoms with Gasteiger partial charge in [-0.15, -0.1) is 0 Å². The SMILES string of the molecule is CCCCC(CC)CC(CCC(=O)O)C(CC(CC)CCCC)(CC(CC)CCCC)C(=O)O. The van der Waals surface area contributed by atoms with E-state index in [1.807, 2.05) is 0 Å². The molecule has 0 saturated carbocycles. The van der Waals surface area contributed by atoms with Crippen molar-refractivity contribution >= 4 is 11.9 Å². The average molecular weight is 483 g/mol. The molecule has 4 unspecified atom stereocenters. The van der Waals surface area contributed by atoms with Gasteiger partial charge in [0.1, 0.15) is 0 Å². The summed E-state index contributed by atoms with van der Waals surface area (Å²) in [4.78, 5) is 24.9. The first-order valence-corrected chi connectivity index (χ1v) is 14.7. The van der Waals surface area contributed by atoms with Crippen LogP contribution in [-0.2, 0) is 9.59 Å². The second-order valence-corrected chi connectivity index (χ2v) is 11.0. The van der Waals surface area contributed by atoms with E-state index in [0.717, 1.165) is 83.5 Å². The van der Waals surface area contributed by atoms with E-state index in [-0.39, 0.29) is 12.3 Å². The van der Waals surface area contributed by atoms with Crippen LogP contribution in [0.4, 0.5) is 0 Å². The predicted molar refractivity (Wildman–Crippen MR) is 144 cm³/mol. The highest BCUT2D eigenvalue weighted by Crippen LogP contribution is 2.49. The van der Waals surface area contributed by atoms with E-state index >= 15 is 0 Å². The van der Waals surface area contributed by atoms with Gasteiger partial charge in [-0.3, -0.25) is 9.59 Å². The lowest BCUT2D eigenvalue weighted by molar-refractivity contribution is -0.158. The summed E-state index contributed by atoms with van der Waals surface area (Å²) < 4.78 is 0. The van der Waals surface area contributed by atoms with Crippen LogP contribution in [-0.4, -0.2) is 22.2 Å². The fourth-order valence-electron chi connectivity index (χ4n) is 5.98. The Kier molecular flexibility index (Phi) is 18.6. The van der Waals surface area contributed by atoms with Crippen molar-refractivity contribution in [2.24, 2.45) is 29.1 Å². The first-order valence-electron chi connectivity index (χ1n) is 14.7. The zero-order valence-electron chi connectivity index (χ0n) is 23.5. The lowest BCUT2D eigenvalue weighted by Gasteiger charge is -2.43. The van der Waals surface area contributed by atoms with E-state index in [9.17, 15) is 19.8 Å². The van der Waals surface area contributed by atoms with Crippen LogP contribution >= 0.6 is 0 Å². The van der Waals surface area contributed by atoms with Gasteiger partial charge in [0.05, 0.1) is 5.41 Å². The van der Waals surface area contributed by atoms with Crippen molar-refractivity contribution in [3.63, 3.8) is 0 Å². The standard InChI is InChI=1S/C30H58O4/c1-7-13-16-24(10-4)21-27(19-20-28(31)32)30(29(33)34,22-25(11-5)17-14-8-2)23-26(12-6)18-15-9-3/h24-27H,7-23H2,1-6H3,(H,31,32)(H,33,34). The molecular weight excluding hydrogens is 424 g/mol. The summed E-state index contributed by atoms with van der Waals surface area (Å²) >= 11 is 0. The zero-order chi connectivity index (χ0) is 26.0. The highest BCUT2D eigenvalue weighted by molar-refractivity contribution is 5.75. The van der Waals surface area contributed by atoms with Crippen LogP contribution in [0, 0.1) is 29.1 Å². The van der Waals surface area contributed by atoms with E-state index in [2.05, 4.69) is 41.5 Å². The quantitative estimate of drug-likeness (QED) is 0.152. The van der Waals surface area contributed by atoms with Crippen molar-refractivity contribution in [3.05, 3.63) is 0 Å². The van der Waals surface area contributed by atoms with Crippen molar-refractivity contribution in [1.82, 2.24) is 0 Å². The van der Waals surface area contributed by atoms with Gasteiger partial charge in [0, 0.05) is 6.42 Å². The summed E-state index contributed by atoms with van der Waals surface area (Å²) in [6.45, 7) is 13.2. The molecule has 0 aromatic carbocycles. The smallest absolute Gasteiger partial charge is 0.309 e. The van der Waals surface area contributed by atoms with Gasteiger partial charge in [-0.1, -0.05) is 119 Å². The topological polar surface area (TPSA) is 74.6 Å². The summed E-state index contributed by atoms with van der Waals surface area (Å²) in [6, 6.07) is 0. The lowest BCUT2D eigenvalue weighted by Crippen LogP contribution is -2.43. The van der Waals surface area contributed by atoms with Gasteiger partial charge in [-0.25, -0.2) is 0 Å². The van der Waals surface area contributed by atoms with E-state index in [4.69, 9.17) is 0 Å². The third-order valence-electron chi connectivity index (χ3n) is 8.47. The molecule has 0 heterocycles. The van der Waals surface area contributed by atoms with E-state index in [0.29, 0.717) is 37.0 Å². The molecular formula is C30H58O4.